The molecular formula is C16H21F8NO7S. The van der Waals surface area contributed by atoms with E-state index in [1.54, 1.807) is 12.2 Å². The molecule has 194 valence electrons. The van der Waals surface area contributed by atoms with Gasteiger partial charge in [-0.25, -0.2) is 4.79 Å². The van der Waals surface area contributed by atoms with E-state index in [1.165, 1.54) is 0 Å². The molecule has 0 aromatic carbocycles. The molecule has 0 aliphatic carbocycles. The zero-order valence-corrected chi connectivity index (χ0v) is 17.8. The van der Waals surface area contributed by atoms with Crippen LogP contribution in [0.3, 0.4) is 0 Å². The van der Waals surface area contributed by atoms with Crippen LogP contribution in [-0.4, -0.2) is 61.1 Å². The third-order valence-corrected chi connectivity index (χ3v) is 4.83. The van der Waals surface area contributed by atoms with Crippen LogP contribution in [0.15, 0.2) is 12.4 Å². The summed E-state index contributed by atoms with van der Waals surface area (Å²) in [5.41, 5.74) is 0. The Morgan fingerprint density at radius 2 is 1.58 bits per heavy atom. The van der Waals surface area contributed by atoms with Gasteiger partial charge in [0.2, 0.25) is 5.83 Å². The minimum Gasteiger partial charge on any atom is -0.410 e. The summed E-state index contributed by atoms with van der Waals surface area (Å²) in [6, 6.07) is 0. The second-order valence-electron chi connectivity index (χ2n) is 6.52. The van der Waals surface area contributed by atoms with Crippen LogP contribution in [0.5, 0.6) is 0 Å². The van der Waals surface area contributed by atoms with Gasteiger partial charge in [0.25, 0.3) is 0 Å². The normalized spacial score (nSPS) is 15.0. The van der Waals surface area contributed by atoms with Crippen molar-refractivity contribution in [1.82, 2.24) is 5.32 Å². The molecule has 0 radical (unpaired) electrons. The Labute approximate surface area is 183 Å². The fourth-order valence-corrected chi connectivity index (χ4v) is 2.57. The highest BCUT2D eigenvalue weighted by atomic mass is 32.2. The first-order chi connectivity index (χ1) is 14.8. The molecule has 0 aromatic rings. The van der Waals surface area contributed by atoms with Crippen molar-refractivity contribution in [2.24, 2.45) is 0 Å². The maximum atomic E-state index is 13.6. The van der Waals surface area contributed by atoms with Gasteiger partial charge in [0, 0.05) is 13.0 Å². The predicted molar refractivity (Wildman–Crippen MR) is 94.3 cm³/mol. The minimum absolute atomic E-state index is 0.181. The molecule has 0 heterocycles. The monoisotopic (exact) mass is 523 g/mol. The van der Waals surface area contributed by atoms with Crippen LogP contribution in [0.25, 0.3) is 0 Å². The Hall–Kier alpha value is -2.01. The standard InChI is InChI=1S/C16H21F8NO7S/c1-3-4-8-25-12(27)14(15(20,21)22,32-11(26)10(2)17)31-9-6-5-7-13(18,19)16(23,24)33(28,29)30/h2-9H2,1H3,(H,25,27)(H,28,29,30). The number of carbonyl (C=O) groups excluding carboxylic acids is 2. The Balaban J connectivity index is 5.52. The van der Waals surface area contributed by atoms with Crippen LogP contribution < -0.4 is 5.32 Å². The summed E-state index contributed by atoms with van der Waals surface area (Å²) in [5, 5.41) is -4.13. The van der Waals surface area contributed by atoms with E-state index in [9.17, 15) is 53.1 Å². The highest BCUT2D eigenvalue weighted by Gasteiger charge is 2.67. The van der Waals surface area contributed by atoms with Gasteiger partial charge in [-0.1, -0.05) is 19.9 Å². The summed E-state index contributed by atoms with van der Waals surface area (Å²) in [6.07, 6.45) is -9.13. The summed E-state index contributed by atoms with van der Waals surface area (Å²) in [6.45, 7) is 2.38. The molecule has 17 heteroatoms. The number of halogens is 8. The first kappa shape index (κ1) is 31.0. The molecule has 0 saturated carbocycles. The highest BCUT2D eigenvalue weighted by Crippen LogP contribution is 2.42. The van der Waals surface area contributed by atoms with Gasteiger partial charge in [-0.3, -0.25) is 9.35 Å². The van der Waals surface area contributed by atoms with Crippen molar-refractivity contribution in [2.75, 3.05) is 13.2 Å². The van der Waals surface area contributed by atoms with Crippen molar-refractivity contribution in [3.05, 3.63) is 12.4 Å². The van der Waals surface area contributed by atoms with Crippen molar-refractivity contribution < 1.29 is 67.2 Å². The van der Waals surface area contributed by atoms with Crippen molar-refractivity contribution in [2.45, 2.75) is 62.2 Å². The topological polar surface area (TPSA) is 119 Å². The van der Waals surface area contributed by atoms with E-state index in [0.717, 1.165) is 0 Å². The quantitative estimate of drug-likeness (QED) is 0.0894. The Morgan fingerprint density at radius 3 is 2.00 bits per heavy atom. The van der Waals surface area contributed by atoms with Crippen LogP contribution in [0.4, 0.5) is 35.1 Å². The Bertz CT molecular complexity index is 816. The molecule has 0 spiro atoms. The average molecular weight is 523 g/mol. The molecule has 0 aliphatic heterocycles. The lowest BCUT2D eigenvalue weighted by molar-refractivity contribution is -0.347. The molecule has 33 heavy (non-hydrogen) atoms. The predicted octanol–water partition coefficient (Wildman–Crippen LogP) is 3.49. The number of rotatable bonds is 14. The number of esters is 1. The van der Waals surface area contributed by atoms with Gasteiger partial charge in [0.15, 0.2) is 0 Å². The molecule has 1 amide bonds. The molecule has 1 atom stereocenters. The highest BCUT2D eigenvalue weighted by molar-refractivity contribution is 7.87. The second kappa shape index (κ2) is 11.4. The molecule has 0 rings (SSSR count). The molecule has 0 aromatic heterocycles. The lowest BCUT2D eigenvalue weighted by atomic mass is 10.1. The van der Waals surface area contributed by atoms with Crippen molar-refractivity contribution in [3.63, 3.8) is 0 Å². The van der Waals surface area contributed by atoms with Gasteiger partial charge in [-0.15, -0.1) is 0 Å². The van der Waals surface area contributed by atoms with E-state index < -0.39 is 76.8 Å². The van der Waals surface area contributed by atoms with E-state index >= 15 is 0 Å². The molecule has 8 nitrogen and oxygen atoms in total. The largest absolute Gasteiger partial charge is 0.466 e. The summed E-state index contributed by atoms with van der Waals surface area (Å²) in [4.78, 5) is 23.5. The molecule has 0 aliphatic rings. The lowest BCUT2D eigenvalue weighted by Gasteiger charge is -2.33. The van der Waals surface area contributed by atoms with E-state index in [-0.39, 0.29) is 13.0 Å². The van der Waals surface area contributed by atoms with Crippen LogP contribution in [0.2, 0.25) is 0 Å². The number of unbranched alkanes of at least 4 members (excludes halogenated alkanes) is 2. The second-order valence-corrected chi connectivity index (χ2v) is 7.98. The van der Waals surface area contributed by atoms with Crippen molar-refractivity contribution in [3.8, 4) is 0 Å². The van der Waals surface area contributed by atoms with E-state index in [0.29, 0.717) is 6.42 Å². The van der Waals surface area contributed by atoms with Gasteiger partial charge < -0.3 is 14.8 Å². The number of nitrogens with one attached hydrogen (secondary N) is 1. The summed E-state index contributed by atoms with van der Waals surface area (Å²) < 4.78 is 144. The summed E-state index contributed by atoms with van der Waals surface area (Å²) in [5.74, 6) is -16.2. The number of alkyl halides is 7. The van der Waals surface area contributed by atoms with E-state index in [1.807, 2.05) is 0 Å². The zero-order valence-electron chi connectivity index (χ0n) is 17.0. The smallest absolute Gasteiger partial charge is 0.410 e. The third kappa shape index (κ3) is 7.77. The van der Waals surface area contributed by atoms with Crippen LogP contribution in [0, 0.1) is 0 Å². The third-order valence-electron chi connectivity index (χ3n) is 3.89. The van der Waals surface area contributed by atoms with Crippen LogP contribution in [0.1, 0.15) is 39.0 Å². The van der Waals surface area contributed by atoms with Gasteiger partial charge in [-0.2, -0.15) is 43.5 Å². The Morgan fingerprint density at radius 1 is 1.03 bits per heavy atom. The molecule has 0 bridgehead atoms. The molecule has 2 N–H and O–H groups in total. The fraction of sp³-hybridized carbons (Fsp3) is 0.750. The number of amides is 1. The van der Waals surface area contributed by atoms with Gasteiger partial charge in [0.1, 0.15) is 0 Å². The lowest BCUT2D eigenvalue weighted by Crippen LogP contribution is -2.61. The molecule has 1 unspecified atom stereocenters. The minimum atomic E-state index is -6.51. The van der Waals surface area contributed by atoms with Gasteiger partial charge in [0.05, 0.1) is 6.61 Å². The summed E-state index contributed by atoms with van der Waals surface area (Å²) >= 11 is 0. The molecule has 0 fully saturated rings. The van der Waals surface area contributed by atoms with E-state index in [4.69, 9.17) is 4.55 Å². The van der Waals surface area contributed by atoms with Crippen LogP contribution >= 0.6 is 0 Å². The van der Waals surface area contributed by atoms with Gasteiger partial charge in [-0.05, 0) is 19.3 Å². The maximum Gasteiger partial charge on any atom is 0.466 e. The average Bonchev–Trinajstić information content (AvgIpc) is 2.64. The fourth-order valence-electron chi connectivity index (χ4n) is 2.09. The number of hydrogen-bond acceptors (Lipinski definition) is 6. The number of ether oxygens (including phenoxy) is 2. The maximum absolute atomic E-state index is 13.6. The number of carbonyl (C=O) groups is 2. The van der Waals surface area contributed by atoms with Crippen molar-refractivity contribution >= 4 is 22.0 Å². The summed E-state index contributed by atoms with van der Waals surface area (Å²) in [7, 11) is -6.51. The number of hydrogen-bond donors (Lipinski definition) is 2. The van der Waals surface area contributed by atoms with Gasteiger partial charge >= 0.3 is 45.1 Å². The van der Waals surface area contributed by atoms with Crippen molar-refractivity contribution in [1.29, 1.82) is 0 Å². The first-order valence-electron chi connectivity index (χ1n) is 9.06. The van der Waals surface area contributed by atoms with E-state index in [2.05, 4.69) is 16.1 Å². The Kier molecular flexibility index (Phi) is 10.7. The van der Waals surface area contributed by atoms with Crippen LogP contribution in [-0.2, 0) is 29.2 Å². The zero-order chi connectivity index (χ0) is 26.3. The SMILES string of the molecule is C=C(F)C(=O)OC(OCCCCC(F)(F)C(F)(F)S(=O)(=O)O)(C(=O)NCCCC)C(F)(F)F. The first-order valence-corrected chi connectivity index (χ1v) is 10.5. The molecule has 0 saturated heterocycles. The molecular weight excluding hydrogens is 502 g/mol.